The van der Waals surface area contributed by atoms with E-state index >= 15 is 0 Å². The Labute approximate surface area is 92.8 Å². The molecule has 1 fully saturated rings. The Morgan fingerprint density at radius 2 is 2.19 bits per heavy atom. The number of nitrogens with one attached hydrogen (secondary N) is 1. The van der Waals surface area contributed by atoms with Crippen LogP contribution in [0.1, 0.15) is 36.8 Å². The Morgan fingerprint density at radius 3 is 2.81 bits per heavy atom. The summed E-state index contributed by atoms with van der Waals surface area (Å²) in [6.07, 6.45) is 1.78. The number of rotatable bonds is 1. The number of amides is 1. The molecule has 0 radical (unpaired) electrons. The van der Waals surface area contributed by atoms with Gasteiger partial charge in [-0.1, -0.05) is 6.07 Å². The molecule has 3 rings (SSSR count). The first-order valence-corrected chi connectivity index (χ1v) is 5.45. The molecule has 3 N–H and O–H groups in total. The van der Waals surface area contributed by atoms with Crippen LogP contribution in [0.2, 0.25) is 0 Å². The van der Waals surface area contributed by atoms with Crippen molar-refractivity contribution < 1.29 is 9.18 Å². The molecule has 4 heteroatoms. The van der Waals surface area contributed by atoms with Gasteiger partial charge in [0.25, 0.3) is 0 Å². The van der Waals surface area contributed by atoms with Crippen LogP contribution in [-0.4, -0.2) is 5.91 Å². The average molecular weight is 220 g/mol. The molecule has 1 saturated carbocycles. The third kappa shape index (κ3) is 1.19. The molecule has 1 aliphatic carbocycles. The molecular weight excluding hydrogens is 207 g/mol. The molecule has 0 bridgehead atoms. The Hall–Kier alpha value is -1.42. The summed E-state index contributed by atoms with van der Waals surface area (Å²) in [7, 11) is 0. The molecule has 3 nitrogen and oxygen atoms in total. The molecule has 1 heterocycles. The second-order valence-corrected chi connectivity index (χ2v) is 4.79. The van der Waals surface area contributed by atoms with Gasteiger partial charge in [0, 0.05) is 5.54 Å². The second-order valence-electron chi connectivity index (χ2n) is 4.79. The maximum Gasteiger partial charge on any atom is 0.231 e. The van der Waals surface area contributed by atoms with E-state index in [1.165, 1.54) is 6.07 Å². The van der Waals surface area contributed by atoms with E-state index in [0.717, 1.165) is 24.0 Å². The van der Waals surface area contributed by atoms with Gasteiger partial charge in [0.1, 0.15) is 5.82 Å². The highest BCUT2D eigenvalue weighted by Gasteiger charge is 2.42. The average Bonchev–Trinajstić information content (AvgIpc) is 2.92. The largest absolute Gasteiger partial charge is 0.323 e. The second kappa shape index (κ2) is 2.83. The highest BCUT2D eigenvalue weighted by Crippen LogP contribution is 2.46. The molecule has 0 spiro atoms. The van der Waals surface area contributed by atoms with Crippen LogP contribution in [0.5, 0.6) is 0 Å². The Balaban J connectivity index is 2.15. The maximum absolute atomic E-state index is 13.8. The molecule has 2 aliphatic rings. The van der Waals surface area contributed by atoms with Gasteiger partial charge < -0.3 is 11.1 Å². The first-order valence-electron chi connectivity index (χ1n) is 5.45. The number of carbonyl (C=O) groups is 1. The summed E-state index contributed by atoms with van der Waals surface area (Å²) in [6, 6.07) is 3.32. The number of anilines is 1. The highest BCUT2D eigenvalue weighted by molar-refractivity contribution is 6.02. The van der Waals surface area contributed by atoms with Crippen molar-refractivity contribution in [2.75, 3.05) is 5.32 Å². The number of halogens is 1. The summed E-state index contributed by atoms with van der Waals surface area (Å²) in [6.45, 7) is 1.78. The smallest absolute Gasteiger partial charge is 0.231 e. The lowest BCUT2D eigenvalue weighted by Crippen LogP contribution is -2.19. The normalized spacial score (nSPS) is 25.2. The zero-order valence-electron chi connectivity index (χ0n) is 9.01. The van der Waals surface area contributed by atoms with E-state index in [2.05, 4.69) is 5.32 Å². The zero-order valence-corrected chi connectivity index (χ0v) is 9.01. The Kier molecular flexibility index (Phi) is 1.73. The van der Waals surface area contributed by atoms with Crippen molar-refractivity contribution in [3.8, 4) is 0 Å². The van der Waals surface area contributed by atoms with Crippen molar-refractivity contribution in [1.82, 2.24) is 0 Å². The summed E-state index contributed by atoms with van der Waals surface area (Å²) in [5.41, 5.74) is 7.55. The van der Waals surface area contributed by atoms with Crippen LogP contribution >= 0.6 is 0 Å². The van der Waals surface area contributed by atoms with Crippen molar-refractivity contribution in [3.63, 3.8) is 0 Å². The standard InChI is InChI=1S/C12H13FN2O/c1-6-8-4-7(12(14)2-3-12)5-9(13)10(8)15-11(6)16/h4-6H,2-3,14H2,1H3,(H,15,16). The molecule has 1 aromatic carbocycles. The number of benzene rings is 1. The number of hydrogen-bond donors (Lipinski definition) is 2. The first-order chi connectivity index (χ1) is 7.51. The van der Waals surface area contributed by atoms with Gasteiger partial charge in [-0.2, -0.15) is 0 Å². The van der Waals surface area contributed by atoms with E-state index in [1.807, 2.05) is 6.07 Å². The van der Waals surface area contributed by atoms with Gasteiger partial charge in [-0.3, -0.25) is 4.79 Å². The van der Waals surface area contributed by atoms with E-state index in [0.29, 0.717) is 5.69 Å². The van der Waals surface area contributed by atoms with Gasteiger partial charge in [0.05, 0.1) is 11.6 Å². The van der Waals surface area contributed by atoms with Crippen molar-refractivity contribution in [3.05, 3.63) is 29.1 Å². The molecule has 1 aromatic rings. The molecule has 1 unspecified atom stereocenters. The van der Waals surface area contributed by atoms with E-state index in [1.54, 1.807) is 6.92 Å². The fourth-order valence-electron chi connectivity index (χ4n) is 2.18. The van der Waals surface area contributed by atoms with Crippen LogP contribution in [-0.2, 0) is 10.3 Å². The minimum Gasteiger partial charge on any atom is -0.323 e. The zero-order chi connectivity index (χ0) is 11.5. The lowest BCUT2D eigenvalue weighted by Gasteiger charge is -2.12. The summed E-state index contributed by atoms with van der Waals surface area (Å²) in [5.74, 6) is -0.804. The van der Waals surface area contributed by atoms with Gasteiger partial charge >= 0.3 is 0 Å². The monoisotopic (exact) mass is 220 g/mol. The molecule has 16 heavy (non-hydrogen) atoms. The molecule has 1 atom stereocenters. The van der Waals surface area contributed by atoms with Crippen LogP contribution in [0, 0.1) is 5.82 Å². The predicted molar refractivity (Wildman–Crippen MR) is 58.5 cm³/mol. The maximum atomic E-state index is 13.8. The molecule has 1 aliphatic heterocycles. The summed E-state index contributed by atoms with van der Waals surface area (Å²) < 4.78 is 13.8. The minimum absolute atomic E-state index is 0.145. The van der Waals surface area contributed by atoms with E-state index < -0.39 is 0 Å². The third-order valence-electron chi connectivity index (χ3n) is 3.59. The van der Waals surface area contributed by atoms with Crippen LogP contribution in [0.3, 0.4) is 0 Å². The quantitative estimate of drug-likeness (QED) is 0.758. The lowest BCUT2D eigenvalue weighted by molar-refractivity contribution is -0.116. The van der Waals surface area contributed by atoms with Crippen molar-refractivity contribution in [2.24, 2.45) is 5.73 Å². The molecule has 0 saturated heterocycles. The van der Waals surface area contributed by atoms with Crippen LogP contribution in [0.25, 0.3) is 0 Å². The number of fused-ring (bicyclic) bond motifs is 1. The van der Waals surface area contributed by atoms with Gasteiger partial charge in [0.15, 0.2) is 0 Å². The lowest BCUT2D eigenvalue weighted by atomic mass is 9.96. The summed E-state index contributed by atoms with van der Waals surface area (Å²) in [5, 5.41) is 2.56. The van der Waals surface area contributed by atoms with Gasteiger partial charge in [-0.15, -0.1) is 0 Å². The fourth-order valence-corrected chi connectivity index (χ4v) is 2.18. The number of hydrogen-bond acceptors (Lipinski definition) is 2. The molecule has 84 valence electrons. The summed E-state index contributed by atoms with van der Waals surface area (Å²) in [4.78, 5) is 11.5. The molecule has 0 aromatic heterocycles. The summed E-state index contributed by atoms with van der Waals surface area (Å²) >= 11 is 0. The Morgan fingerprint density at radius 1 is 1.50 bits per heavy atom. The van der Waals surface area contributed by atoms with Gasteiger partial charge in [-0.25, -0.2) is 4.39 Å². The van der Waals surface area contributed by atoms with E-state index in [-0.39, 0.29) is 23.2 Å². The van der Waals surface area contributed by atoms with E-state index in [4.69, 9.17) is 5.73 Å². The number of carbonyl (C=O) groups excluding carboxylic acids is 1. The highest BCUT2D eigenvalue weighted by atomic mass is 19.1. The van der Waals surface area contributed by atoms with Crippen molar-refractivity contribution in [1.29, 1.82) is 0 Å². The fraction of sp³-hybridized carbons (Fsp3) is 0.417. The van der Waals surface area contributed by atoms with Crippen molar-refractivity contribution >= 4 is 11.6 Å². The topological polar surface area (TPSA) is 55.1 Å². The van der Waals surface area contributed by atoms with Crippen molar-refractivity contribution in [2.45, 2.75) is 31.2 Å². The molecular formula is C12H13FN2O. The van der Waals surface area contributed by atoms with Crippen LogP contribution in [0.4, 0.5) is 10.1 Å². The van der Waals surface area contributed by atoms with E-state index in [9.17, 15) is 9.18 Å². The third-order valence-corrected chi connectivity index (χ3v) is 3.59. The van der Waals surface area contributed by atoms with Gasteiger partial charge in [-0.05, 0) is 37.0 Å². The van der Waals surface area contributed by atoms with Crippen LogP contribution in [0.15, 0.2) is 12.1 Å². The first kappa shape index (κ1) is 9.78. The molecule has 1 amide bonds. The number of nitrogens with two attached hydrogens (primary N) is 1. The van der Waals surface area contributed by atoms with Crippen LogP contribution < -0.4 is 11.1 Å². The SMILES string of the molecule is CC1C(=O)Nc2c(F)cc(C3(N)CC3)cc21. The predicted octanol–water partition coefficient (Wildman–Crippen LogP) is 1.83. The Bertz CT molecular complexity index is 494. The minimum atomic E-state index is -0.373. The van der Waals surface area contributed by atoms with Gasteiger partial charge in [0.2, 0.25) is 5.91 Å².